The van der Waals surface area contributed by atoms with E-state index in [0.29, 0.717) is 17.1 Å². The molecule has 0 spiro atoms. The molecule has 0 fully saturated rings. The molecule has 7 nitrogen and oxygen atoms in total. The largest absolute Gasteiger partial charge is 0.463 e. The van der Waals surface area contributed by atoms with Crippen molar-refractivity contribution in [2.24, 2.45) is 5.92 Å². The molecule has 0 aliphatic carbocycles. The number of nitrogens with one attached hydrogen (secondary N) is 3. The van der Waals surface area contributed by atoms with Crippen molar-refractivity contribution in [1.29, 1.82) is 0 Å². The van der Waals surface area contributed by atoms with Crippen molar-refractivity contribution in [3.63, 3.8) is 0 Å². The van der Waals surface area contributed by atoms with Crippen LogP contribution in [0.1, 0.15) is 36.2 Å². The van der Waals surface area contributed by atoms with Crippen LogP contribution in [0.15, 0.2) is 53.1 Å². The standard InChI is InChI=1S/C19H19N5O2/c1-11(2)17(18-20-12-6-3-4-7-13(12)21-18)22-19(25)15-10-14(23-24-15)16-8-5-9-26-16/h3-11,17H,1-2H3,(H,20,21)(H,22,25)(H,23,24). The fourth-order valence-corrected chi connectivity index (χ4v) is 2.88. The number of furan rings is 1. The van der Waals surface area contributed by atoms with Gasteiger partial charge in [0.15, 0.2) is 11.5 Å². The molecular weight excluding hydrogens is 330 g/mol. The van der Waals surface area contributed by atoms with Gasteiger partial charge in [-0.15, -0.1) is 0 Å². The molecule has 1 unspecified atom stereocenters. The Labute approximate surface area is 149 Å². The van der Waals surface area contributed by atoms with E-state index in [0.717, 1.165) is 16.9 Å². The molecule has 3 aromatic heterocycles. The minimum absolute atomic E-state index is 0.156. The molecule has 7 heteroatoms. The van der Waals surface area contributed by atoms with Gasteiger partial charge in [-0.25, -0.2) is 4.98 Å². The molecule has 0 saturated heterocycles. The fourth-order valence-electron chi connectivity index (χ4n) is 2.88. The Kier molecular flexibility index (Phi) is 4.04. The van der Waals surface area contributed by atoms with E-state index in [2.05, 4.69) is 25.5 Å². The zero-order chi connectivity index (χ0) is 18.1. The number of benzene rings is 1. The number of fused-ring (bicyclic) bond motifs is 1. The molecule has 1 atom stereocenters. The highest BCUT2D eigenvalue weighted by Gasteiger charge is 2.23. The maximum absolute atomic E-state index is 12.7. The second-order valence-corrected chi connectivity index (χ2v) is 6.48. The number of amides is 1. The van der Waals surface area contributed by atoms with Gasteiger partial charge in [-0.05, 0) is 30.2 Å². The fraction of sp³-hybridized carbons (Fsp3) is 0.211. The SMILES string of the molecule is CC(C)C(NC(=O)c1cc(-c2ccco2)[nH]n1)c1nc2ccccc2[nH]1. The Hall–Kier alpha value is -3.35. The van der Waals surface area contributed by atoms with Crippen molar-refractivity contribution >= 4 is 16.9 Å². The summed E-state index contributed by atoms with van der Waals surface area (Å²) < 4.78 is 5.32. The molecule has 4 rings (SSSR count). The Morgan fingerprint density at radius 3 is 2.77 bits per heavy atom. The predicted octanol–water partition coefficient (Wildman–Crippen LogP) is 3.67. The summed E-state index contributed by atoms with van der Waals surface area (Å²) in [5.74, 6) is 1.26. The van der Waals surface area contributed by atoms with Crippen molar-refractivity contribution in [2.45, 2.75) is 19.9 Å². The monoisotopic (exact) mass is 349 g/mol. The van der Waals surface area contributed by atoms with Gasteiger partial charge in [-0.2, -0.15) is 5.10 Å². The molecular formula is C19H19N5O2. The van der Waals surface area contributed by atoms with Crippen LogP contribution in [0.25, 0.3) is 22.5 Å². The summed E-state index contributed by atoms with van der Waals surface area (Å²) in [5, 5.41) is 9.94. The molecule has 0 aliphatic rings. The lowest BCUT2D eigenvalue weighted by molar-refractivity contribution is 0.0918. The van der Waals surface area contributed by atoms with Gasteiger partial charge < -0.3 is 14.7 Å². The predicted molar refractivity (Wildman–Crippen MR) is 97.4 cm³/mol. The summed E-state index contributed by atoms with van der Waals surface area (Å²) in [7, 11) is 0. The van der Waals surface area contributed by atoms with Crippen LogP contribution in [0.2, 0.25) is 0 Å². The van der Waals surface area contributed by atoms with Crippen LogP contribution in [-0.4, -0.2) is 26.1 Å². The van der Waals surface area contributed by atoms with Crippen molar-refractivity contribution in [1.82, 2.24) is 25.5 Å². The molecule has 4 aromatic rings. The second-order valence-electron chi connectivity index (χ2n) is 6.48. The number of carbonyl (C=O) groups is 1. The topological polar surface area (TPSA) is 99.6 Å². The average molecular weight is 349 g/mol. The molecule has 1 aromatic carbocycles. The average Bonchev–Trinajstić information content (AvgIpc) is 3.38. The van der Waals surface area contributed by atoms with E-state index >= 15 is 0 Å². The van der Waals surface area contributed by atoms with Crippen molar-refractivity contribution in [2.75, 3.05) is 0 Å². The van der Waals surface area contributed by atoms with Gasteiger partial charge in [0.05, 0.1) is 23.3 Å². The molecule has 0 radical (unpaired) electrons. The van der Waals surface area contributed by atoms with Gasteiger partial charge in [0.2, 0.25) is 0 Å². The molecule has 132 valence electrons. The number of aromatic nitrogens is 4. The highest BCUT2D eigenvalue weighted by Crippen LogP contribution is 2.23. The van der Waals surface area contributed by atoms with E-state index in [9.17, 15) is 4.79 Å². The lowest BCUT2D eigenvalue weighted by Crippen LogP contribution is -2.32. The van der Waals surface area contributed by atoms with Crippen LogP contribution < -0.4 is 5.32 Å². The van der Waals surface area contributed by atoms with E-state index in [-0.39, 0.29) is 17.9 Å². The van der Waals surface area contributed by atoms with Crippen LogP contribution in [0.3, 0.4) is 0 Å². The van der Waals surface area contributed by atoms with Gasteiger partial charge >= 0.3 is 0 Å². The Balaban J connectivity index is 1.57. The first-order valence-corrected chi connectivity index (χ1v) is 8.46. The highest BCUT2D eigenvalue weighted by molar-refractivity contribution is 5.93. The Morgan fingerprint density at radius 1 is 1.19 bits per heavy atom. The molecule has 26 heavy (non-hydrogen) atoms. The molecule has 0 saturated carbocycles. The van der Waals surface area contributed by atoms with Gasteiger partial charge in [-0.1, -0.05) is 26.0 Å². The summed E-state index contributed by atoms with van der Waals surface area (Å²) in [6, 6.07) is 12.8. The van der Waals surface area contributed by atoms with Crippen LogP contribution in [0, 0.1) is 5.92 Å². The van der Waals surface area contributed by atoms with E-state index < -0.39 is 0 Å². The number of rotatable bonds is 5. The van der Waals surface area contributed by atoms with Gasteiger partial charge in [-0.3, -0.25) is 9.89 Å². The normalized spacial score (nSPS) is 12.6. The van der Waals surface area contributed by atoms with Crippen LogP contribution in [0.5, 0.6) is 0 Å². The summed E-state index contributed by atoms with van der Waals surface area (Å²) >= 11 is 0. The second kappa shape index (κ2) is 6.51. The number of nitrogens with zero attached hydrogens (tertiary/aromatic N) is 2. The first-order valence-electron chi connectivity index (χ1n) is 8.46. The van der Waals surface area contributed by atoms with Crippen molar-refractivity contribution in [3.05, 3.63) is 60.2 Å². The smallest absolute Gasteiger partial charge is 0.272 e. The Morgan fingerprint density at radius 2 is 2.04 bits per heavy atom. The van der Waals surface area contributed by atoms with Crippen LogP contribution >= 0.6 is 0 Å². The number of para-hydroxylation sites is 2. The van der Waals surface area contributed by atoms with Crippen molar-refractivity contribution < 1.29 is 9.21 Å². The Bertz CT molecular complexity index is 996. The lowest BCUT2D eigenvalue weighted by Gasteiger charge is -2.19. The maximum Gasteiger partial charge on any atom is 0.272 e. The molecule has 1 amide bonds. The summed E-state index contributed by atoms with van der Waals surface area (Å²) in [5.41, 5.74) is 2.78. The number of aromatic amines is 2. The number of hydrogen-bond acceptors (Lipinski definition) is 4. The van der Waals surface area contributed by atoms with E-state index in [1.165, 1.54) is 0 Å². The van der Waals surface area contributed by atoms with Gasteiger partial charge in [0.25, 0.3) is 5.91 Å². The van der Waals surface area contributed by atoms with Crippen molar-refractivity contribution in [3.8, 4) is 11.5 Å². The van der Waals surface area contributed by atoms with E-state index in [1.807, 2.05) is 38.1 Å². The molecule has 0 bridgehead atoms. The van der Waals surface area contributed by atoms with Gasteiger partial charge in [0, 0.05) is 6.07 Å². The maximum atomic E-state index is 12.7. The number of hydrogen-bond donors (Lipinski definition) is 3. The summed E-state index contributed by atoms with van der Waals surface area (Å²) in [6.45, 7) is 4.08. The third-order valence-electron chi connectivity index (χ3n) is 4.25. The third-order valence-corrected chi connectivity index (χ3v) is 4.25. The zero-order valence-electron chi connectivity index (χ0n) is 14.5. The quantitative estimate of drug-likeness (QED) is 0.512. The zero-order valence-corrected chi connectivity index (χ0v) is 14.5. The summed E-state index contributed by atoms with van der Waals surface area (Å²) in [6.07, 6.45) is 1.58. The molecule has 0 aliphatic heterocycles. The van der Waals surface area contributed by atoms with Crippen LogP contribution in [0.4, 0.5) is 0 Å². The van der Waals surface area contributed by atoms with Crippen LogP contribution in [-0.2, 0) is 0 Å². The highest BCUT2D eigenvalue weighted by atomic mass is 16.3. The first-order chi connectivity index (χ1) is 12.6. The third kappa shape index (κ3) is 2.99. The summed E-state index contributed by atoms with van der Waals surface area (Å²) in [4.78, 5) is 20.6. The van der Waals surface area contributed by atoms with E-state index in [1.54, 1.807) is 24.5 Å². The van der Waals surface area contributed by atoms with Gasteiger partial charge in [0.1, 0.15) is 11.5 Å². The molecule has 3 N–H and O–H groups in total. The van der Waals surface area contributed by atoms with E-state index in [4.69, 9.17) is 4.42 Å². The number of H-pyrrole nitrogens is 2. The first kappa shape index (κ1) is 16.1. The minimum Gasteiger partial charge on any atom is -0.463 e. The number of imidazole rings is 1. The number of carbonyl (C=O) groups excluding carboxylic acids is 1. The lowest BCUT2D eigenvalue weighted by atomic mass is 10.0. The molecule has 3 heterocycles. The minimum atomic E-state index is -0.266.